The molecule has 6 heteroatoms. The van der Waals surface area contributed by atoms with Crippen molar-refractivity contribution in [3.63, 3.8) is 0 Å². The van der Waals surface area contributed by atoms with Crippen molar-refractivity contribution >= 4 is 7.60 Å². The molecule has 30 heavy (non-hydrogen) atoms. The van der Waals surface area contributed by atoms with Gasteiger partial charge in [-0.15, -0.1) is 6.58 Å². The average Bonchev–Trinajstić information content (AvgIpc) is 2.62. The topological polar surface area (TPSA) is 77.8 Å². The Hall–Kier alpha value is -0.450. The number of hydrogen-bond donors (Lipinski definition) is 3. The molecule has 0 fully saturated rings. The SMILES string of the molecule is C=CCCCCC/C=C\CCCCCCCCCCC(O)(C[N+](C)(C)C)P(=O)(O)O. The van der Waals surface area contributed by atoms with Crippen LogP contribution in [0.3, 0.4) is 0 Å². The molecule has 0 spiro atoms. The second-order valence-corrected chi connectivity index (χ2v) is 11.7. The van der Waals surface area contributed by atoms with Gasteiger partial charge in [0.25, 0.3) is 0 Å². The highest BCUT2D eigenvalue weighted by atomic mass is 31.2. The fourth-order valence-electron chi connectivity index (χ4n) is 3.77. The minimum atomic E-state index is -4.54. The maximum atomic E-state index is 11.8. The van der Waals surface area contributed by atoms with E-state index in [0.29, 0.717) is 10.9 Å². The van der Waals surface area contributed by atoms with E-state index in [1.807, 2.05) is 27.2 Å². The van der Waals surface area contributed by atoms with Gasteiger partial charge in [-0.25, -0.2) is 0 Å². The minimum Gasteiger partial charge on any atom is -0.373 e. The van der Waals surface area contributed by atoms with Crippen LogP contribution in [0.25, 0.3) is 0 Å². The van der Waals surface area contributed by atoms with E-state index in [1.165, 1.54) is 57.8 Å². The normalized spacial score (nSPS) is 14.9. The summed E-state index contributed by atoms with van der Waals surface area (Å²) >= 11 is 0. The molecule has 1 atom stereocenters. The lowest BCUT2D eigenvalue weighted by atomic mass is 10.0. The van der Waals surface area contributed by atoms with E-state index >= 15 is 0 Å². The van der Waals surface area contributed by atoms with Gasteiger partial charge in [0.1, 0.15) is 6.54 Å². The van der Waals surface area contributed by atoms with Crippen LogP contribution in [-0.4, -0.2) is 52.4 Å². The first-order valence-electron chi connectivity index (χ1n) is 11.9. The van der Waals surface area contributed by atoms with Crippen LogP contribution in [0.15, 0.2) is 24.8 Å². The van der Waals surface area contributed by atoms with E-state index in [0.717, 1.165) is 25.7 Å². The first kappa shape index (κ1) is 29.5. The molecule has 0 saturated carbocycles. The molecule has 0 saturated heterocycles. The zero-order valence-corrected chi connectivity index (χ0v) is 20.8. The molecule has 0 bridgehead atoms. The van der Waals surface area contributed by atoms with Crippen LogP contribution in [0, 0.1) is 0 Å². The zero-order valence-electron chi connectivity index (χ0n) is 19.9. The summed E-state index contributed by atoms with van der Waals surface area (Å²) < 4.78 is 12.1. The second kappa shape index (κ2) is 16.2. The summed E-state index contributed by atoms with van der Waals surface area (Å²) in [7, 11) is 0.962. The average molecular weight is 447 g/mol. The smallest absolute Gasteiger partial charge is 0.362 e. The molecule has 5 nitrogen and oxygen atoms in total. The van der Waals surface area contributed by atoms with Gasteiger partial charge in [-0.1, -0.05) is 63.2 Å². The molecule has 0 aliphatic carbocycles. The van der Waals surface area contributed by atoms with Gasteiger partial charge in [0.15, 0.2) is 0 Å². The standard InChI is InChI=1S/C24H48NO4P/c1-5-6-7-8-9-10-11-12-13-14-15-16-17-18-19-20-21-22-24(26,30(27,28)29)23-25(2,3)4/h5,11-12,26H,1,6-10,13-23H2,2-4H3,(H-,27,28,29)/p+1/b12-11-. The van der Waals surface area contributed by atoms with Crippen LogP contribution >= 0.6 is 7.60 Å². The van der Waals surface area contributed by atoms with Gasteiger partial charge in [0.2, 0.25) is 5.34 Å². The summed E-state index contributed by atoms with van der Waals surface area (Å²) in [5, 5.41) is 8.61. The van der Waals surface area contributed by atoms with Crippen molar-refractivity contribution in [3.05, 3.63) is 24.8 Å². The van der Waals surface area contributed by atoms with E-state index in [2.05, 4.69) is 18.7 Å². The van der Waals surface area contributed by atoms with Crippen LogP contribution in [0.2, 0.25) is 0 Å². The summed E-state index contributed by atoms with van der Waals surface area (Å²) in [5.74, 6) is 0. The van der Waals surface area contributed by atoms with Crippen molar-refractivity contribution < 1.29 is 23.9 Å². The van der Waals surface area contributed by atoms with Gasteiger partial charge in [-0.05, 0) is 51.4 Å². The van der Waals surface area contributed by atoms with E-state index in [9.17, 15) is 19.5 Å². The fourth-order valence-corrected chi connectivity index (χ4v) is 4.83. The van der Waals surface area contributed by atoms with E-state index in [4.69, 9.17) is 0 Å². The van der Waals surface area contributed by atoms with Gasteiger partial charge in [-0.2, -0.15) is 0 Å². The monoisotopic (exact) mass is 446 g/mol. The quantitative estimate of drug-likeness (QED) is 0.0907. The molecule has 0 aromatic carbocycles. The Labute approximate surface area is 186 Å². The molecule has 0 radical (unpaired) electrons. The van der Waals surface area contributed by atoms with Crippen molar-refractivity contribution in [1.82, 2.24) is 0 Å². The third kappa shape index (κ3) is 16.3. The van der Waals surface area contributed by atoms with Gasteiger partial charge in [-0.3, -0.25) is 4.57 Å². The number of allylic oxidation sites excluding steroid dienone is 3. The summed E-state index contributed by atoms with van der Waals surface area (Å²) in [6, 6.07) is 0. The molecule has 0 aliphatic rings. The number of rotatable bonds is 20. The molecule has 0 aromatic heterocycles. The first-order chi connectivity index (χ1) is 14.0. The predicted molar refractivity (Wildman–Crippen MR) is 128 cm³/mol. The van der Waals surface area contributed by atoms with Crippen molar-refractivity contribution in [2.45, 2.75) is 102 Å². The zero-order chi connectivity index (χ0) is 22.9. The van der Waals surface area contributed by atoms with Crippen LogP contribution in [0.4, 0.5) is 0 Å². The van der Waals surface area contributed by atoms with Crippen LogP contribution in [0.5, 0.6) is 0 Å². The highest BCUT2D eigenvalue weighted by Crippen LogP contribution is 2.52. The fraction of sp³-hybridized carbons (Fsp3) is 0.833. The molecule has 0 aliphatic heterocycles. The highest BCUT2D eigenvalue weighted by Gasteiger charge is 2.48. The lowest BCUT2D eigenvalue weighted by Crippen LogP contribution is -2.49. The van der Waals surface area contributed by atoms with Gasteiger partial charge in [0.05, 0.1) is 21.1 Å². The maximum Gasteiger partial charge on any atom is 0.362 e. The Morgan fingerprint density at radius 2 is 1.17 bits per heavy atom. The lowest BCUT2D eigenvalue weighted by Gasteiger charge is -2.35. The largest absolute Gasteiger partial charge is 0.373 e. The third-order valence-electron chi connectivity index (χ3n) is 5.41. The van der Waals surface area contributed by atoms with Crippen LogP contribution in [-0.2, 0) is 4.57 Å². The highest BCUT2D eigenvalue weighted by molar-refractivity contribution is 7.53. The Morgan fingerprint density at radius 1 is 0.767 bits per heavy atom. The third-order valence-corrected chi connectivity index (χ3v) is 6.86. The Bertz CT molecular complexity index is 510. The lowest BCUT2D eigenvalue weighted by molar-refractivity contribution is -0.875. The van der Waals surface area contributed by atoms with Gasteiger partial charge >= 0.3 is 7.60 Å². The predicted octanol–water partition coefficient (Wildman–Crippen LogP) is 6.15. The van der Waals surface area contributed by atoms with Crippen molar-refractivity contribution in [1.29, 1.82) is 0 Å². The molecule has 1 unspecified atom stereocenters. The van der Waals surface area contributed by atoms with E-state index in [-0.39, 0.29) is 13.0 Å². The molecule has 3 N–H and O–H groups in total. The molecule has 0 heterocycles. The summed E-state index contributed by atoms with van der Waals surface area (Å²) in [6.45, 7) is 3.80. The Kier molecular flexibility index (Phi) is 16.0. The molecule has 0 aromatic rings. The number of hydrogen-bond acceptors (Lipinski definition) is 2. The number of unbranched alkanes of at least 4 members (excludes halogenated alkanes) is 12. The Morgan fingerprint density at radius 3 is 1.60 bits per heavy atom. The minimum absolute atomic E-state index is 0.0566. The molecule has 0 rings (SSSR count). The van der Waals surface area contributed by atoms with E-state index in [1.54, 1.807) is 0 Å². The number of quaternary nitrogens is 1. The van der Waals surface area contributed by atoms with Crippen molar-refractivity contribution in [2.24, 2.45) is 0 Å². The molecule has 0 amide bonds. The van der Waals surface area contributed by atoms with Gasteiger partial charge in [0, 0.05) is 0 Å². The van der Waals surface area contributed by atoms with Crippen molar-refractivity contribution in [2.75, 3.05) is 27.7 Å². The summed E-state index contributed by atoms with van der Waals surface area (Å²) in [5.41, 5.74) is 0. The van der Waals surface area contributed by atoms with Gasteiger partial charge < -0.3 is 19.4 Å². The summed E-state index contributed by atoms with van der Waals surface area (Å²) in [4.78, 5) is 19.2. The first-order valence-corrected chi connectivity index (χ1v) is 13.5. The van der Waals surface area contributed by atoms with Crippen LogP contribution in [0.1, 0.15) is 96.3 Å². The van der Waals surface area contributed by atoms with Crippen molar-refractivity contribution in [3.8, 4) is 0 Å². The number of aliphatic hydroxyl groups is 1. The molecular formula is C24H49NO4P+. The maximum absolute atomic E-state index is 11.8. The molecule has 178 valence electrons. The number of nitrogens with zero attached hydrogens (tertiary/aromatic N) is 1. The summed E-state index contributed by atoms with van der Waals surface area (Å²) in [6.07, 6.45) is 22.9. The van der Waals surface area contributed by atoms with Crippen LogP contribution < -0.4 is 0 Å². The van der Waals surface area contributed by atoms with E-state index < -0.39 is 12.9 Å². The molecular weight excluding hydrogens is 397 g/mol. The second-order valence-electron chi connectivity index (χ2n) is 9.74. The number of likely N-dealkylation sites (N-methyl/N-ethyl adjacent to an activating group) is 1. The Balaban J connectivity index is 3.67.